The summed E-state index contributed by atoms with van der Waals surface area (Å²) in [5, 5.41) is 0. The number of hydrogen-bond donors (Lipinski definition) is 0. The highest BCUT2D eigenvalue weighted by molar-refractivity contribution is 7.90. The second-order valence-corrected chi connectivity index (χ2v) is 8.35. The maximum Gasteiger partial charge on any atom is 0.236 e. The van der Waals surface area contributed by atoms with Crippen molar-refractivity contribution in [2.24, 2.45) is 0 Å². The minimum atomic E-state index is -2.87. The molecule has 0 aromatic heterocycles. The van der Waals surface area contributed by atoms with Crippen LogP contribution in [0.3, 0.4) is 0 Å². The summed E-state index contributed by atoms with van der Waals surface area (Å²) < 4.78 is 27.5. The van der Waals surface area contributed by atoms with Gasteiger partial charge in [-0.15, -0.1) is 0 Å². The molecular formula is C14H27N3O4S. The van der Waals surface area contributed by atoms with E-state index in [1.807, 2.05) is 4.90 Å². The number of sulfone groups is 1. The zero-order chi connectivity index (χ0) is 16.0. The van der Waals surface area contributed by atoms with Crippen molar-refractivity contribution in [3.8, 4) is 0 Å². The van der Waals surface area contributed by atoms with Crippen LogP contribution in [0.15, 0.2) is 0 Å². The number of ether oxygens (including phenoxy) is 1. The highest BCUT2D eigenvalue weighted by Crippen LogP contribution is 2.05. The van der Waals surface area contributed by atoms with Gasteiger partial charge in [-0.3, -0.25) is 14.6 Å². The summed E-state index contributed by atoms with van der Waals surface area (Å²) in [5.74, 6) is 0.432. The predicted molar refractivity (Wildman–Crippen MR) is 84.6 cm³/mol. The Balaban J connectivity index is 1.64. The molecule has 2 aliphatic heterocycles. The van der Waals surface area contributed by atoms with Gasteiger partial charge in [-0.25, -0.2) is 8.42 Å². The molecule has 8 heteroatoms. The summed E-state index contributed by atoms with van der Waals surface area (Å²) in [4.78, 5) is 18.6. The van der Waals surface area contributed by atoms with Crippen LogP contribution in [0.25, 0.3) is 0 Å². The lowest BCUT2D eigenvalue weighted by Gasteiger charge is -2.36. The summed E-state index contributed by atoms with van der Waals surface area (Å²) in [6, 6.07) is 0. The van der Waals surface area contributed by atoms with Crippen molar-refractivity contribution in [2.45, 2.75) is 6.42 Å². The van der Waals surface area contributed by atoms with Crippen molar-refractivity contribution in [1.29, 1.82) is 0 Å². The number of morpholine rings is 1. The molecule has 2 fully saturated rings. The molecule has 0 spiro atoms. The highest BCUT2D eigenvalue weighted by Gasteiger charge is 2.23. The topological polar surface area (TPSA) is 70.2 Å². The van der Waals surface area contributed by atoms with Crippen LogP contribution in [-0.2, 0) is 19.4 Å². The van der Waals surface area contributed by atoms with Crippen molar-refractivity contribution >= 4 is 15.7 Å². The molecule has 128 valence electrons. The maximum absolute atomic E-state index is 12.3. The molecule has 0 N–H and O–H groups in total. The smallest absolute Gasteiger partial charge is 0.236 e. The molecule has 0 atom stereocenters. The molecule has 2 rings (SSSR count). The van der Waals surface area contributed by atoms with E-state index in [1.54, 1.807) is 0 Å². The average Bonchev–Trinajstić information content (AvgIpc) is 2.47. The fourth-order valence-electron chi connectivity index (χ4n) is 2.82. The van der Waals surface area contributed by atoms with Gasteiger partial charge in [0.25, 0.3) is 0 Å². The molecule has 0 aromatic carbocycles. The van der Waals surface area contributed by atoms with E-state index in [-0.39, 0.29) is 11.7 Å². The van der Waals surface area contributed by atoms with Gasteiger partial charge in [-0.1, -0.05) is 0 Å². The van der Waals surface area contributed by atoms with E-state index in [1.165, 1.54) is 6.26 Å². The molecule has 0 radical (unpaired) electrons. The minimum absolute atomic E-state index is 0.192. The molecule has 7 nitrogen and oxygen atoms in total. The average molecular weight is 333 g/mol. The van der Waals surface area contributed by atoms with Gasteiger partial charge in [0.1, 0.15) is 9.84 Å². The van der Waals surface area contributed by atoms with E-state index in [0.717, 1.165) is 45.8 Å². The van der Waals surface area contributed by atoms with Crippen LogP contribution < -0.4 is 0 Å². The van der Waals surface area contributed by atoms with Crippen LogP contribution in [-0.4, -0.2) is 107 Å². The Labute approximate surface area is 133 Å². The SMILES string of the molecule is CS(=O)(=O)CCCN1CCN(C(=O)CN2CCOCC2)CC1. The zero-order valence-electron chi connectivity index (χ0n) is 13.4. The van der Waals surface area contributed by atoms with Gasteiger partial charge >= 0.3 is 0 Å². The minimum Gasteiger partial charge on any atom is -0.379 e. The molecule has 0 aliphatic carbocycles. The van der Waals surface area contributed by atoms with E-state index in [9.17, 15) is 13.2 Å². The van der Waals surface area contributed by atoms with Crippen LogP contribution in [0.2, 0.25) is 0 Å². The third-order valence-electron chi connectivity index (χ3n) is 4.18. The molecule has 2 saturated heterocycles. The fraction of sp³-hybridized carbons (Fsp3) is 0.929. The Morgan fingerprint density at radius 2 is 1.64 bits per heavy atom. The predicted octanol–water partition coefficient (Wildman–Crippen LogP) is -1.10. The summed E-state index contributed by atoms with van der Waals surface area (Å²) >= 11 is 0. The van der Waals surface area contributed by atoms with E-state index in [4.69, 9.17) is 4.74 Å². The first kappa shape index (κ1) is 17.7. The lowest BCUT2D eigenvalue weighted by atomic mass is 10.3. The first-order valence-corrected chi connectivity index (χ1v) is 9.98. The van der Waals surface area contributed by atoms with E-state index < -0.39 is 9.84 Å². The number of amides is 1. The molecule has 0 saturated carbocycles. The third-order valence-corrected chi connectivity index (χ3v) is 5.21. The number of carbonyl (C=O) groups excluding carboxylic acids is 1. The van der Waals surface area contributed by atoms with Crippen LogP contribution in [0, 0.1) is 0 Å². The second kappa shape index (κ2) is 8.24. The number of hydrogen-bond acceptors (Lipinski definition) is 6. The van der Waals surface area contributed by atoms with Gasteiger partial charge in [0, 0.05) is 45.5 Å². The Morgan fingerprint density at radius 1 is 1.00 bits per heavy atom. The van der Waals surface area contributed by atoms with Crippen molar-refractivity contribution in [3.05, 3.63) is 0 Å². The molecule has 0 bridgehead atoms. The Morgan fingerprint density at radius 3 is 2.23 bits per heavy atom. The molecule has 0 aromatic rings. The van der Waals surface area contributed by atoms with Gasteiger partial charge in [0.2, 0.25) is 5.91 Å². The van der Waals surface area contributed by atoms with Gasteiger partial charge in [-0.2, -0.15) is 0 Å². The number of piperazine rings is 1. The summed E-state index contributed by atoms with van der Waals surface area (Å²) in [7, 11) is -2.87. The molecule has 2 aliphatic rings. The molecule has 22 heavy (non-hydrogen) atoms. The molecule has 2 heterocycles. The summed E-state index contributed by atoms with van der Waals surface area (Å²) in [6.45, 7) is 7.49. The lowest BCUT2D eigenvalue weighted by Crippen LogP contribution is -2.52. The summed E-state index contributed by atoms with van der Waals surface area (Å²) in [6.07, 6.45) is 1.94. The van der Waals surface area contributed by atoms with Crippen molar-refractivity contribution in [1.82, 2.24) is 14.7 Å². The van der Waals surface area contributed by atoms with Gasteiger partial charge in [-0.05, 0) is 13.0 Å². The van der Waals surface area contributed by atoms with Crippen LogP contribution in [0.5, 0.6) is 0 Å². The quantitative estimate of drug-likeness (QED) is 0.614. The van der Waals surface area contributed by atoms with E-state index in [0.29, 0.717) is 26.2 Å². The zero-order valence-corrected chi connectivity index (χ0v) is 14.2. The van der Waals surface area contributed by atoms with Crippen molar-refractivity contribution in [3.63, 3.8) is 0 Å². The number of nitrogens with zero attached hydrogens (tertiary/aromatic N) is 3. The van der Waals surface area contributed by atoms with Gasteiger partial charge in [0.15, 0.2) is 0 Å². The highest BCUT2D eigenvalue weighted by atomic mass is 32.2. The largest absolute Gasteiger partial charge is 0.379 e. The van der Waals surface area contributed by atoms with E-state index >= 15 is 0 Å². The van der Waals surface area contributed by atoms with Crippen molar-refractivity contribution in [2.75, 3.05) is 77.6 Å². The Bertz CT molecular complexity index is 455. The van der Waals surface area contributed by atoms with Crippen LogP contribution in [0.1, 0.15) is 6.42 Å². The second-order valence-electron chi connectivity index (χ2n) is 6.09. The molecule has 0 unspecified atom stereocenters. The number of rotatable bonds is 6. The summed E-state index contributed by atoms with van der Waals surface area (Å²) in [5.41, 5.74) is 0. The van der Waals surface area contributed by atoms with Gasteiger partial charge < -0.3 is 9.64 Å². The standard InChI is InChI=1S/C14H27N3O4S/c1-22(19,20)12-2-3-15-4-6-17(7-5-15)14(18)13-16-8-10-21-11-9-16/h2-13H2,1H3. The molecule has 1 amide bonds. The lowest BCUT2D eigenvalue weighted by molar-refractivity contribution is -0.135. The maximum atomic E-state index is 12.3. The first-order chi connectivity index (χ1) is 10.4. The van der Waals surface area contributed by atoms with Crippen LogP contribution in [0.4, 0.5) is 0 Å². The Hall–Kier alpha value is -0.700. The Kier molecular flexibility index (Phi) is 6.61. The van der Waals surface area contributed by atoms with Crippen LogP contribution >= 0.6 is 0 Å². The monoisotopic (exact) mass is 333 g/mol. The fourth-order valence-corrected chi connectivity index (χ4v) is 3.48. The van der Waals surface area contributed by atoms with Crippen molar-refractivity contribution < 1.29 is 17.9 Å². The normalized spacial score (nSPS) is 22.0. The van der Waals surface area contributed by atoms with Gasteiger partial charge in [0.05, 0.1) is 25.5 Å². The first-order valence-electron chi connectivity index (χ1n) is 7.92. The third kappa shape index (κ3) is 6.20. The molecular weight excluding hydrogens is 306 g/mol. The number of carbonyl (C=O) groups is 1. The van der Waals surface area contributed by atoms with E-state index in [2.05, 4.69) is 9.80 Å².